The molecule has 0 radical (unpaired) electrons. The summed E-state index contributed by atoms with van der Waals surface area (Å²) in [6.45, 7) is 9.25. The third-order valence-corrected chi connectivity index (χ3v) is 7.16. The summed E-state index contributed by atoms with van der Waals surface area (Å²) < 4.78 is 0. The Kier molecular flexibility index (Phi) is 19.7. The number of benzene rings is 1. The Bertz CT molecular complexity index is 544. The van der Waals surface area contributed by atoms with Crippen LogP contribution in [0, 0.1) is 6.08 Å². The Morgan fingerprint density at radius 3 is 1.93 bits per heavy atom. The Labute approximate surface area is 205 Å². The number of aliphatic hydroxyl groups excluding tert-OH is 1. The van der Waals surface area contributed by atoms with Gasteiger partial charge in [-0.25, -0.2) is 5.20 Å². The SMILES string of the molecule is CCCCCCCCCC[C-]=C(C(O)CCc1ccccc1)[Si](C)(C)C.[Cl][Ta]([Cl])[Cl]. The Balaban J connectivity index is 0.00000192. The van der Waals surface area contributed by atoms with Crippen LogP contribution < -0.4 is 0 Å². The third kappa shape index (κ3) is 18.3. The Hall–Kier alpha value is 0.747. The molecule has 0 bridgehead atoms. The number of aliphatic hydroxyl groups is 1. The molecule has 1 nitrogen and oxygen atoms in total. The zero-order valence-corrected chi connectivity index (χ0v) is 25.8. The molecule has 174 valence electrons. The number of aryl methyl sites for hydroxylation is 1. The van der Waals surface area contributed by atoms with Crippen LogP contribution in [0.1, 0.15) is 76.7 Å². The minimum absolute atomic E-state index is 0.323. The zero-order chi connectivity index (χ0) is 22.8. The monoisotopic (exact) mass is 659 g/mol. The molecule has 0 aliphatic carbocycles. The second-order valence-corrected chi connectivity index (χ2v) is 27.8. The van der Waals surface area contributed by atoms with Crippen LogP contribution >= 0.6 is 27.6 Å². The van der Waals surface area contributed by atoms with E-state index in [4.69, 9.17) is 27.6 Å². The van der Waals surface area contributed by atoms with Crippen LogP contribution in [-0.4, -0.2) is 19.3 Å². The normalized spacial score (nSPS) is 13.2. The van der Waals surface area contributed by atoms with Crippen molar-refractivity contribution in [3.05, 3.63) is 47.2 Å². The molecule has 0 spiro atoms. The van der Waals surface area contributed by atoms with Crippen LogP contribution in [0.5, 0.6) is 0 Å². The van der Waals surface area contributed by atoms with E-state index < -0.39 is 23.3 Å². The van der Waals surface area contributed by atoms with Gasteiger partial charge in [0.25, 0.3) is 0 Å². The molecule has 0 aliphatic heterocycles. The van der Waals surface area contributed by atoms with Crippen LogP contribution in [0.3, 0.4) is 0 Å². The van der Waals surface area contributed by atoms with Crippen LogP contribution in [0.25, 0.3) is 0 Å². The van der Waals surface area contributed by atoms with E-state index in [9.17, 15) is 5.11 Å². The van der Waals surface area contributed by atoms with E-state index in [2.05, 4.69) is 56.9 Å². The number of hydrogen-bond donors (Lipinski definition) is 1. The molecule has 0 saturated carbocycles. The van der Waals surface area contributed by atoms with Crippen LogP contribution in [-0.2, 0) is 21.6 Å². The molecular weight excluding hydrogens is 620 g/mol. The summed E-state index contributed by atoms with van der Waals surface area (Å²) in [5.41, 5.74) is 1.31. The quantitative estimate of drug-likeness (QED) is 0.120. The van der Waals surface area contributed by atoms with Crippen LogP contribution in [0.15, 0.2) is 35.5 Å². The van der Waals surface area contributed by atoms with Gasteiger partial charge in [-0.1, -0.05) is 108 Å². The molecule has 1 N–H and O–H groups in total. The van der Waals surface area contributed by atoms with Crippen molar-refractivity contribution in [3.63, 3.8) is 0 Å². The van der Waals surface area contributed by atoms with Crippen molar-refractivity contribution in [2.75, 3.05) is 0 Å². The van der Waals surface area contributed by atoms with Crippen molar-refractivity contribution in [2.45, 2.75) is 103 Å². The molecule has 30 heavy (non-hydrogen) atoms. The summed E-state index contributed by atoms with van der Waals surface area (Å²) in [5.74, 6) is 0. The maximum atomic E-state index is 10.8. The second kappa shape index (κ2) is 19.2. The van der Waals surface area contributed by atoms with Gasteiger partial charge in [0.2, 0.25) is 0 Å². The Morgan fingerprint density at radius 1 is 0.933 bits per heavy atom. The third-order valence-electron chi connectivity index (χ3n) is 5.04. The first kappa shape index (κ1) is 30.7. The summed E-state index contributed by atoms with van der Waals surface area (Å²) in [6.07, 6.45) is 16.8. The van der Waals surface area contributed by atoms with E-state index in [0.717, 1.165) is 19.3 Å². The fraction of sp³-hybridized carbons (Fsp3) is 0.667. The minimum atomic E-state index is -2.18. The van der Waals surface area contributed by atoms with Crippen molar-refractivity contribution < 1.29 is 20.3 Å². The van der Waals surface area contributed by atoms with E-state index >= 15 is 0 Å². The van der Waals surface area contributed by atoms with Crippen LogP contribution in [0.2, 0.25) is 19.6 Å². The summed E-state index contributed by atoms with van der Waals surface area (Å²) in [4.78, 5) is 0. The molecule has 0 fully saturated rings. The molecule has 6 heteroatoms. The average Bonchev–Trinajstić information content (AvgIpc) is 2.67. The molecule has 0 saturated heterocycles. The molecule has 1 atom stereocenters. The van der Waals surface area contributed by atoms with Gasteiger partial charge in [-0.15, -0.1) is 0 Å². The molecule has 0 aromatic heterocycles. The van der Waals surface area contributed by atoms with Gasteiger partial charge in [0, 0.05) is 14.2 Å². The first-order valence-electron chi connectivity index (χ1n) is 11.3. The first-order valence-corrected chi connectivity index (χ1v) is 26.7. The van der Waals surface area contributed by atoms with Crippen molar-refractivity contribution in [2.24, 2.45) is 0 Å². The number of rotatable bonds is 14. The van der Waals surface area contributed by atoms with Gasteiger partial charge >= 0.3 is 42.8 Å². The average molecular weight is 661 g/mol. The van der Waals surface area contributed by atoms with E-state index in [1.165, 1.54) is 62.1 Å². The maximum absolute atomic E-state index is 10.8. The van der Waals surface area contributed by atoms with E-state index in [1.54, 1.807) is 0 Å². The van der Waals surface area contributed by atoms with Crippen molar-refractivity contribution in [3.8, 4) is 0 Å². The molecule has 1 unspecified atom stereocenters. The first-order chi connectivity index (χ1) is 14.2. The van der Waals surface area contributed by atoms with Crippen molar-refractivity contribution in [1.82, 2.24) is 0 Å². The molecule has 1 rings (SSSR count). The molecule has 1 aromatic rings. The van der Waals surface area contributed by atoms with Gasteiger partial charge in [-0.2, -0.15) is 6.42 Å². The van der Waals surface area contributed by atoms with Gasteiger partial charge in [-0.05, 0) is 18.4 Å². The van der Waals surface area contributed by atoms with Gasteiger partial charge in [0.05, 0.1) is 0 Å². The van der Waals surface area contributed by atoms with Gasteiger partial charge in [0.15, 0.2) is 0 Å². The van der Waals surface area contributed by atoms with E-state index in [-0.39, 0.29) is 6.10 Å². The topological polar surface area (TPSA) is 20.2 Å². The van der Waals surface area contributed by atoms with E-state index in [0.29, 0.717) is 0 Å². The van der Waals surface area contributed by atoms with Gasteiger partial charge in [0.1, 0.15) is 0 Å². The number of allylic oxidation sites excluding steroid dienone is 1. The molecule has 0 heterocycles. The second-order valence-electron chi connectivity index (χ2n) is 8.80. The number of halogens is 3. The summed E-state index contributed by atoms with van der Waals surface area (Å²) >= 11 is -2.18. The predicted octanol–water partition coefficient (Wildman–Crippen LogP) is 9.18. The van der Waals surface area contributed by atoms with Crippen LogP contribution in [0.4, 0.5) is 0 Å². The fourth-order valence-corrected chi connectivity index (χ4v) is 5.26. The standard InChI is InChI=1S/C24H41OSi.3ClH.Ta/c1-5-6-7-8-9-10-11-12-16-19-24(26(2,3)4)23(25)21-20-22-17-14-13-15-18-22;;;;/h13-15,17-18,23,25H,5-12,16,20-21H2,1-4H3;3*1H;/q-1;;;;+3/p-3. The predicted molar refractivity (Wildman–Crippen MR) is 136 cm³/mol. The van der Waals surface area contributed by atoms with Crippen molar-refractivity contribution >= 4 is 35.6 Å². The van der Waals surface area contributed by atoms with Gasteiger partial charge < -0.3 is 11.2 Å². The summed E-state index contributed by atoms with van der Waals surface area (Å²) in [7, 11) is 13.5. The zero-order valence-electron chi connectivity index (χ0n) is 19.3. The summed E-state index contributed by atoms with van der Waals surface area (Å²) in [6, 6.07) is 10.5. The fourth-order valence-electron chi connectivity index (χ4n) is 3.46. The van der Waals surface area contributed by atoms with Crippen molar-refractivity contribution in [1.29, 1.82) is 0 Å². The summed E-state index contributed by atoms with van der Waals surface area (Å²) in [5, 5.41) is 12.0. The number of unbranched alkanes of at least 4 members (excludes halogenated alkanes) is 8. The van der Waals surface area contributed by atoms with E-state index in [1.807, 2.05) is 6.07 Å². The molecule has 1 aromatic carbocycles. The molecular formula is C24H41Cl3OSiTa-. The van der Waals surface area contributed by atoms with Gasteiger partial charge in [-0.3, -0.25) is 0 Å². The molecule has 0 aliphatic rings. The molecule has 0 amide bonds. The Morgan fingerprint density at radius 2 is 1.43 bits per heavy atom. The number of hydrogen-bond acceptors (Lipinski definition) is 1.